The lowest BCUT2D eigenvalue weighted by molar-refractivity contribution is -0.279. The number of hydrogen-bond donors (Lipinski definition) is 8. The molecule has 2 fully saturated rings. The first kappa shape index (κ1) is 35.3. The van der Waals surface area contributed by atoms with Crippen LogP contribution in [0, 0.1) is 13.8 Å². The fourth-order valence-corrected chi connectivity index (χ4v) is 5.68. The Morgan fingerprint density at radius 2 is 1.78 bits per heavy atom. The first-order valence-corrected chi connectivity index (χ1v) is 15.4. The molecule has 2 aliphatic rings. The molecule has 2 saturated heterocycles. The molecule has 5 atom stereocenters. The Labute approximate surface area is 272 Å². The number of β-amino-alcohol motifs (C(OH)–C–C–N with tert-alkyl or cyclic N) is 1. The maximum absolute atomic E-state index is 12.7. The highest BCUT2D eigenvalue weighted by Crippen LogP contribution is 2.28. The monoisotopic (exact) mass is 681 g/mol. The van der Waals surface area contributed by atoms with Crippen molar-refractivity contribution in [3.05, 3.63) is 51.7 Å². The Morgan fingerprint density at radius 1 is 1.07 bits per heavy atom. The van der Waals surface area contributed by atoms with Crippen molar-refractivity contribution in [1.29, 1.82) is 0 Å². The van der Waals surface area contributed by atoms with Crippen molar-refractivity contribution in [2.45, 2.75) is 44.6 Å². The van der Waals surface area contributed by atoms with Crippen LogP contribution in [-0.2, 0) is 9.53 Å². The van der Waals surface area contributed by atoms with Crippen molar-refractivity contribution in [3.63, 3.8) is 0 Å². The lowest BCUT2D eigenvalue weighted by atomic mass is 9.99. The summed E-state index contributed by atoms with van der Waals surface area (Å²) >= 11 is 7.46. The number of hydrogen-bond acceptors (Lipinski definition) is 15. The van der Waals surface area contributed by atoms with Gasteiger partial charge in [-0.2, -0.15) is 0 Å². The van der Waals surface area contributed by atoms with Crippen LogP contribution in [0.15, 0.2) is 30.5 Å². The molecule has 0 unspecified atom stereocenters. The van der Waals surface area contributed by atoms with E-state index in [4.69, 9.17) is 42.2 Å². The number of nitrogens with one attached hydrogen (secondary N) is 2. The highest BCUT2D eigenvalue weighted by atomic mass is 35.5. The van der Waals surface area contributed by atoms with E-state index in [1.165, 1.54) is 17.5 Å². The van der Waals surface area contributed by atoms with Gasteiger partial charge < -0.3 is 50.9 Å². The highest BCUT2D eigenvalue weighted by molar-refractivity contribution is 7.17. The molecule has 16 nitrogen and oxygen atoms in total. The molecule has 2 aliphatic heterocycles. The van der Waals surface area contributed by atoms with Gasteiger partial charge >= 0.3 is 5.97 Å². The Balaban J connectivity index is 0.000000310. The number of halogens is 1. The van der Waals surface area contributed by atoms with Crippen molar-refractivity contribution >= 4 is 57.3 Å². The Kier molecular flexibility index (Phi) is 12.2. The van der Waals surface area contributed by atoms with Crippen LogP contribution in [0.25, 0.3) is 0 Å². The minimum Gasteiger partial charge on any atom is -0.479 e. The number of aliphatic carboxylic acids is 1. The second-order valence-corrected chi connectivity index (χ2v) is 11.9. The van der Waals surface area contributed by atoms with Crippen LogP contribution < -0.4 is 15.5 Å². The summed E-state index contributed by atoms with van der Waals surface area (Å²) in [5.74, 6) is 0.335. The first-order valence-electron chi connectivity index (χ1n) is 14.2. The number of aliphatic hydroxyl groups is 5. The molecule has 4 heterocycles. The zero-order chi connectivity index (χ0) is 33.5. The van der Waals surface area contributed by atoms with Crippen LogP contribution in [0.5, 0.6) is 0 Å². The zero-order valence-corrected chi connectivity index (χ0v) is 26.5. The third-order valence-corrected chi connectivity index (χ3v) is 8.42. The predicted molar refractivity (Wildman–Crippen MR) is 169 cm³/mol. The summed E-state index contributed by atoms with van der Waals surface area (Å²) < 4.78 is 4.34. The van der Waals surface area contributed by atoms with E-state index in [-0.39, 0.29) is 12.5 Å². The van der Waals surface area contributed by atoms with Crippen molar-refractivity contribution in [2.24, 2.45) is 0 Å². The van der Waals surface area contributed by atoms with Gasteiger partial charge in [0.25, 0.3) is 5.91 Å². The zero-order valence-electron chi connectivity index (χ0n) is 24.9. The number of carboxylic acid groups (broad SMARTS) is 1. The van der Waals surface area contributed by atoms with Crippen molar-refractivity contribution in [2.75, 3.05) is 54.9 Å². The number of ether oxygens (including phenoxy) is 1. The Bertz CT molecular complexity index is 1490. The summed E-state index contributed by atoms with van der Waals surface area (Å²) in [5.41, 5.74) is 1.49. The van der Waals surface area contributed by atoms with E-state index in [0.717, 1.165) is 37.6 Å². The van der Waals surface area contributed by atoms with E-state index in [0.29, 0.717) is 38.9 Å². The van der Waals surface area contributed by atoms with Gasteiger partial charge in [-0.25, -0.2) is 19.7 Å². The SMILES string of the molecule is Cc1nc(Nc2ncc(C(=O)Nc3c(C)cccc3Cl)s2)cc(N2CCN(CCO)CC2)n1.O=C(O)[C@H]1O[C@@H](O)[C@H](O)[C@@H](O)[C@@H]1O. The average Bonchev–Trinajstić information content (AvgIpc) is 3.49. The summed E-state index contributed by atoms with van der Waals surface area (Å²) in [5, 5.41) is 60.6. The van der Waals surface area contributed by atoms with Crippen molar-refractivity contribution < 1.29 is 45.0 Å². The number of aliphatic hydroxyl groups excluding tert-OH is 5. The minimum atomic E-state index is -1.81. The summed E-state index contributed by atoms with van der Waals surface area (Å²) in [6.45, 7) is 8.03. The normalized spacial score (nSPS) is 23.3. The van der Waals surface area contributed by atoms with E-state index < -0.39 is 36.7 Å². The molecule has 1 aromatic carbocycles. The number of carboxylic acids is 1. The number of aromatic nitrogens is 3. The molecule has 0 aliphatic carbocycles. The van der Waals surface area contributed by atoms with Crippen molar-refractivity contribution in [1.82, 2.24) is 19.9 Å². The molecule has 0 radical (unpaired) electrons. The maximum Gasteiger partial charge on any atom is 0.335 e. The van der Waals surface area contributed by atoms with Crippen LogP contribution in [0.2, 0.25) is 5.02 Å². The third kappa shape index (κ3) is 8.84. The fourth-order valence-electron chi connectivity index (χ4n) is 4.70. The van der Waals surface area contributed by atoms with Gasteiger partial charge in [0.2, 0.25) is 0 Å². The van der Waals surface area contributed by atoms with E-state index in [2.05, 4.69) is 40.1 Å². The smallest absolute Gasteiger partial charge is 0.335 e. The molecule has 0 spiro atoms. The second kappa shape index (κ2) is 15.9. The molecule has 5 rings (SSSR count). The third-order valence-electron chi connectivity index (χ3n) is 7.19. The van der Waals surface area contributed by atoms with Gasteiger partial charge in [0.15, 0.2) is 17.5 Å². The first-order chi connectivity index (χ1) is 21.9. The number of thiazole rings is 1. The van der Waals surface area contributed by atoms with Gasteiger partial charge in [-0.05, 0) is 25.5 Å². The van der Waals surface area contributed by atoms with E-state index in [1.807, 2.05) is 32.0 Å². The van der Waals surface area contributed by atoms with E-state index in [1.54, 1.807) is 6.07 Å². The molecule has 18 heteroatoms. The number of para-hydroxylation sites is 1. The minimum absolute atomic E-state index is 0.173. The molecule has 0 bridgehead atoms. The molecule has 8 N–H and O–H groups in total. The van der Waals surface area contributed by atoms with Gasteiger partial charge in [-0.3, -0.25) is 9.69 Å². The van der Waals surface area contributed by atoms with Gasteiger partial charge in [0, 0.05) is 38.8 Å². The maximum atomic E-state index is 12.7. The molecule has 46 heavy (non-hydrogen) atoms. The fraction of sp³-hybridized carbons (Fsp3) is 0.464. The number of benzene rings is 1. The van der Waals surface area contributed by atoms with Gasteiger partial charge in [0.1, 0.15) is 40.6 Å². The van der Waals surface area contributed by atoms with Crippen LogP contribution >= 0.6 is 22.9 Å². The molecule has 1 amide bonds. The molecule has 3 aromatic rings. The molecular formula is C28H36ClN7O9S. The van der Waals surface area contributed by atoms with Gasteiger partial charge in [0.05, 0.1) is 23.5 Å². The summed E-state index contributed by atoms with van der Waals surface area (Å²) in [4.78, 5) is 41.3. The summed E-state index contributed by atoms with van der Waals surface area (Å²) in [7, 11) is 0. The highest BCUT2D eigenvalue weighted by Gasteiger charge is 2.46. The lowest BCUT2D eigenvalue weighted by Crippen LogP contribution is -2.59. The largest absolute Gasteiger partial charge is 0.479 e. The van der Waals surface area contributed by atoms with Gasteiger partial charge in [-0.1, -0.05) is 35.1 Å². The number of carbonyl (C=O) groups excluding carboxylic acids is 1. The van der Waals surface area contributed by atoms with Gasteiger partial charge in [-0.15, -0.1) is 0 Å². The standard InChI is InChI=1S/C22H26ClN7O2S.C6H10O7/c1-14-4-3-5-16(23)20(14)28-21(32)17-13-24-22(33-17)27-18-12-19(26-15(2)25-18)30-8-6-29(7-9-30)10-11-31;7-1-2(8)4(5(10)11)13-6(12)3(1)9/h3-5,12-13,31H,6-11H2,1-2H3,(H,28,32)(H,24,25,26,27);1-4,6-9,12H,(H,10,11)/t;1-,2-,3+,4-,6+/m.0/s1. The number of piperazine rings is 1. The average molecular weight is 682 g/mol. The molecule has 2 aromatic heterocycles. The molecule has 0 saturated carbocycles. The Hall–Kier alpha value is -3.52. The summed E-state index contributed by atoms with van der Waals surface area (Å²) in [6, 6.07) is 7.37. The molecule has 250 valence electrons. The van der Waals surface area contributed by atoms with Crippen LogP contribution in [-0.4, -0.2) is 132 Å². The summed E-state index contributed by atoms with van der Waals surface area (Å²) in [6.07, 6.45) is -7.19. The number of aryl methyl sites for hydroxylation is 2. The number of anilines is 4. The number of nitrogens with zero attached hydrogens (tertiary/aromatic N) is 5. The Morgan fingerprint density at radius 3 is 2.43 bits per heavy atom. The topological polar surface area (TPSA) is 234 Å². The van der Waals surface area contributed by atoms with Crippen LogP contribution in [0.3, 0.4) is 0 Å². The van der Waals surface area contributed by atoms with Crippen molar-refractivity contribution in [3.8, 4) is 0 Å². The number of carbonyl (C=O) groups is 2. The predicted octanol–water partition coefficient (Wildman–Crippen LogP) is 0.184. The number of amides is 1. The lowest BCUT2D eigenvalue weighted by Gasteiger charge is -2.36. The number of rotatable bonds is 8. The second-order valence-electron chi connectivity index (χ2n) is 10.5. The van der Waals surface area contributed by atoms with Crippen LogP contribution in [0.1, 0.15) is 21.1 Å². The van der Waals surface area contributed by atoms with E-state index in [9.17, 15) is 9.59 Å². The quantitative estimate of drug-likeness (QED) is 0.158. The molecular weight excluding hydrogens is 646 g/mol. The van der Waals surface area contributed by atoms with E-state index >= 15 is 0 Å². The van der Waals surface area contributed by atoms with Crippen LogP contribution in [0.4, 0.5) is 22.5 Å².